The van der Waals surface area contributed by atoms with Crippen LogP contribution in [0.1, 0.15) is 38.4 Å². The molecule has 2 heterocycles. The maximum absolute atomic E-state index is 12.2. The fourth-order valence-electron chi connectivity index (χ4n) is 1.79. The van der Waals surface area contributed by atoms with Crippen molar-refractivity contribution in [2.45, 2.75) is 33.6 Å². The molecule has 0 spiro atoms. The first-order valence-corrected chi connectivity index (χ1v) is 6.83. The summed E-state index contributed by atoms with van der Waals surface area (Å²) in [6.07, 6.45) is 1.48. The normalized spacial score (nSPS) is 10.6. The summed E-state index contributed by atoms with van der Waals surface area (Å²) in [5.41, 5.74) is 2.18. The van der Waals surface area contributed by atoms with Crippen molar-refractivity contribution in [3.63, 3.8) is 0 Å². The SMILES string of the molecule is CCc1ccc(CC(=O)c2cc(C)nnc2C)s1. The fourth-order valence-corrected chi connectivity index (χ4v) is 2.75. The highest BCUT2D eigenvalue weighted by molar-refractivity contribution is 7.12. The summed E-state index contributed by atoms with van der Waals surface area (Å²) in [4.78, 5) is 14.7. The van der Waals surface area contributed by atoms with E-state index in [0.29, 0.717) is 17.7 Å². The van der Waals surface area contributed by atoms with Crippen molar-refractivity contribution in [1.82, 2.24) is 10.2 Å². The van der Waals surface area contributed by atoms with Gasteiger partial charge in [0.2, 0.25) is 0 Å². The standard InChI is InChI=1S/C14H16N2OS/c1-4-11-5-6-12(18-11)8-14(17)13-7-9(2)15-16-10(13)3/h5-7H,4,8H2,1-3H3. The van der Waals surface area contributed by atoms with Crippen LogP contribution in [0.2, 0.25) is 0 Å². The van der Waals surface area contributed by atoms with E-state index < -0.39 is 0 Å². The molecule has 0 saturated carbocycles. The summed E-state index contributed by atoms with van der Waals surface area (Å²) in [6.45, 7) is 5.80. The van der Waals surface area contributed by atoms with Gasteiger partial charge in [-0.3, -0.25) is 4.79 Å². The van der Waals surface area contributed by atoms with Gasteiger partial charge in [-0.25, -0.2) is 0 Å². The van der Waals surface area contributed by atoms with Crippen LogP contribution in [0.25, 0.3) is 0 Å². The van der Waals surface area contributed by atoms with Gasteiger partial charge in [0.1, 0.15) is 0 Å². The first-order valence-electron chi connectivity index (χ1n) is 6.02. The molecule has 2 rings (SSSR count). The van der Waals surface area contributed by atoms with Gasteiger partial charge in [-0.05, 0) is 38.5 Å². The van der Waals surface area contributed by atoms with Gasteiger partial charge in [0.05, 0.1) is 11.4 Å². The lowest BCUT2D eigenvalue weighted by Crippen LogP contribution is -2.07. The second-order valence-electron chi connectivity index (χ2n) is 4.31. The number of carbonyl (C=O) groups is 1. The Balaban J connectivity index is 2.19. The quantitative estimate of drug-likeness (QED) is 0.793. The van der Waals surface area contributed by atoms with Crippen molar-refractivity contribution >= 4 is 17.1 Å². The molecule has 0 amide bonds. The molecule has 0 aliphatic heterocycles. The molecule has 0 saturated heterocycles. The Morgan fingerprint density at radius 1 is 1.22 bits per heavy atom. The van der Waals surface area contributed by atoms with E-state index in [1.807, 2.05) is 26.0 Å². The molecule has 2 aromatic heterocycles. The van der Waals surface area contributed by atoms with E-state index in [-0.39, 0.29) is 5.78 Å². The van der Waals surface area contributed by atoms with E-state index in [1.54, 1.807) is 11.3 Å². The molecule has 3 nitrogen and oxygen atoms in total. The number of ketones is 1. The molecule has 0 aliphatic rings. The molecule has 0 N–H and O–H groups in total. The van der Waals surface area contributed by atoms with Gasteiger partial charge < -0.3 is 0 Å². The van der Waals surface area contributed by atoms with Gasteiger partial charge in [-0.2, -0.15) is 10.2 Å². The summed E-state index contributed by atoms with van der Waals surface area (Å²) >= 11 is 1.71. The molecule has 0 radical (unpaired) electrons. The third kappa shape index (κ3) is 2.82. The summed E-state index contributed by atoms with van der Waals surface area (Å²) in [5.74, 6) is 0.120. The lowest BCUT2D eigenvalue weighted by molar-refractivity contribution is 0.0992. The number of aromatic nitrogens is 2. The largest absolute Gasteiger partial charge is 0.294 e. The van der Waals surface area contributed by atoms with Crippen molar-refractivity contribution < 1.29 is 4.79 Å². The highest BCUT2D eigenvalue weighted by atomic mass is 32.1. The number of hydrogen-bond acceptors (Lipinski definition) is 4. The monoisotopic (exact) mass is 260 g/mol. The Kier molecular flexibility index (Phi) is 3.87. The minimum Gasteiger partial charge on any atom is -0.294 e. The number of carbonyl (C=O) groups excluding carboxylic acids is 1. The average Bonchev–Trinajstić information content (AvgIpc) is 2.80. The van der Waals surface area contributed by atoms with E-state index in [0.717, 1.165) is 17.0 Å². The van der Waals surface area contributed by atoms with Gasteiger partial charge >= 0.3 is 0 Å². The average molecular weight is 260 g/mol. The van der Waals surface area contributed by atoms with Crippen molar-refractivity contribution in [2.24, 2.45) is 0 Å². The van der Waals surface area contributed by atoms with Crippen molar-refractivity contribution in [2.75, 3.05) is 0 Å². The second-order valence-corrected chi connectivity index (χ2v) is 5.56. The third-order valence-corrected chi connectivity index (χ3v) is 4.03. The fraction of sp³-hybridized carbons (Fsp3) is 0.357. The predicted molar refractivity (Wildman–Crippen MR) is 73.2 cm³/mol. The molecule has 94 valence electrons. The Labute approximate surface area is 111 Å². The number of thiophene rings is 1. The Bertz CT molecular complexity index is 575. The minimum absolute atomic E-state index is 0.120. The summed E-state index contributed by atoms with van der Waals surface area (Å²) in [5, 5.41) is 7.94. The lowest BCUT2D eigenvalue weighted by Gasteiger charge is -2.03. The van der Waals surface area contributed by atoms with Crippen LogP contribution in [0.4, 0.5) is 0 Å². The lowest BCUT2D eigenvalue weighted by atomic mass is 10.1. The number of aryl methyl sites for hydroxylation is 3. The zero-order valence-electron chi connectivity index (χ0n) is 10.9. The van der Waals surface area contributed by atoms with Crippen LogP contribution in [0.15, 0.2) is 18.2 Å². The van der Waals surface area contributed by atoms with Crippen LogP contribution in [0, 0.1) is 13.8 Å². The summed E-state index contributed by atoms with van der Waals surface area (Å²) in [7, 11) is 0. The number of Topliss-reactive ketones (excluding diaryl/α,β-unsaturated/α-hetero) is 1. The van der Waals surface area contributed by atoms with Gasteiger partial charge in [0.25, 0.3) is 0 Å². The smallest absolute Gasteiger partial charge is 0.170 e. The van der Waals surface area contributed by atoms with Gasteiger partial charge in [-0.1, -0.05) is 6.92 Å². The third-order valence-electron chi connectivity index (χ3n) is 2.80. The summed E-state index contributed by atoms with van der Waals surface area (Å²) in [6, 6.07) is 5.95. The molecule has 0 aliphatic carbocycles. The van der Waals surface area contributed by atoms with E-state index in [9.17, 15) is 4.79 Å². The zero-order valence-corrected chi connectivity index (χ0v) is 11.7. The maximum Gasteiger partial charge on any atom is 0.170 e. The maximum atomic E-state index is 12.2. The first kappa shape index (κ1) is 12.9. The second kappa shape index (κ2) is 5.40. The first-order chi connectivity index (χ1) is 8.60. The molecular formula is C14H16N2OS. The molecule has 0 unspecified atom stereocenters. The molecule has 0 bridgehead atoms. The highest BCUT2D eigenvalue weighted by Gasteiger charge is 2.13. The zero-order chi connectivity index (χ0) is 13.1. The van der Waals surface area contributed by atoms with Crippen molar-refractivity contribution in [3.8, 4) is 0 Å². The Morgan fingerprint density at radius 2 is 1.94 bits per heavy atom. The molecule has 0 atom stereocenters. The van der Waals surface area contributed by atoms with Crippen LogP contribution >= 0.6 is 11.3 Å². The molecule has 18 heavy (non-hydrogen) atoms. The van der Waals surface area contributed by atoms with Crippen molar-refractivity contribution in [3.05, 3.63) is 44.9 Å². The number of rotatable bonds is 4. The Morgan fingerprint density at radius 3 is 2.61 bits per heavy atom. The number of hydrogen-bond donors (Lipinski definition) is 0. The minimum atomic E-state index is 0.120. The Hall–Kier alpha value is -1.55. The van der Waals surface area contributed by atoms with E-state index >= 15 is 0 Å². The molecular weight excluding hydrogens is 244 g/mol. The molecule has 2 aromatic rings. The predicted octanol–water partition coefficient (Wildman–Crippen LogP) is 3.14. The molecule has 0 aromatic carbocycles. The topological polar surface area (TPSA) is 42.9 Å². The van der Waals surface area contributed by atoms with Crippen LogP contribution < -0.4 is 0 Å². The highest BCUT2D eigenvalue weighted by Crippen LogP contribution is 2.19. The van der Waals surface area contributed by atoms with Crippen LogP contribution in [0.5, 0.6) is 0 Å². The van der Waals surface area contributed by atoms with E-state index in [1.165, 1.54) is 4.88 Å². The van der Waals surface area contributed by atoms with Crippen molar-refractivity contribution in [1.29, 1.82) is 0 Å². The van der Waals surface area contributed by atoms with Gasteiger partial charge in [-0.15, -0.1) is 11.3 Å². The molecule has 0 fully saturated rings. The number of nitrogens with zero attached hydrogens (tertiary/aromatic N) is 2. The van der Waals surface area contributed by atoms with Crippen LogP contribution in [-0.2, 0) is 12.8 Å². The summed E-state index contributed by atoms with van der Waals surface area (Å²) < 4.78 is 0. The van der Waals surface area contributed by atoms with Crippen LogP contribution in [-0.4, -0.2) is 16.0 Å². The van der Waals surface area contributed by atoms with Gasteiger partial charge in [0.15, 0.2) is 5.78 Å². The van der Waals surface area contributed by atoms with E-state index in [4.69, 9.17) is 0 Å². The van der Waals surface area contributed by atoms with Crippen LogP contribution in [0.3, 0.4) is 0 Å². The van der Waals surface area contributed by atoms with E-state index in [2.05, 4.69) is 23.2 Å². The molecule has 4 heteroatoms. The van der Waals surface area contributed by atoms with Gasteiger partial charge in [0, 0.05) is 21.7 Å².